The molecule has 15 heavy (non-hydrogen) atoms. The van der Waals surface area contributed by atoms with Gasteiger partial charge in [0.15, 0.2) is 0 Å². The Morgan fingerprint density at radius 1 is 1.40 bits per heavy atom. The fourth-order valence-electron chi connectivity index (χ4n) is 4.15. The van der Waals surface area contributed by atoms with Crippen LogP contribution in [0.4, 0.5) is 0 Å². The quantitative estimate of drug-likeness (QED) is 0.711. The normalized spacial score (nSPS) is 47.3. The van der Waals surface area contributed by atoms with Crippen LogP contribution < -0.4 is 0 Å². The number of aliphatic hydroxyl groups excluding tert-OH is 1. The molecule has 0 saturated heterocycles. The summed E-state index contributed by atoms with van der Waals surface area (Å²) in [6.45, 7) is 4.32. The van der Waals surface area contributed by atoms with Gasteiger partial charge >= 0.3 is 0 Å². The zero-order chi connectivity index (χ0) is 11.1. The summed E-state index contributed by atoms with van der Waals surface area (Å²) in [7, 11) is 0. The second-order valence-electron chi connectivity index (χ2n) is 5.75. The molecule has 0 spiro atoms. The van der Waals surface area contributed by atoms with Crippen molar-refractivity contribution in [2.24, 2.45) is 23.2 Å². The molecular formula is C13H22O2. The van der Waals surface area contributed by atoms with Gasteiger partial charge in [-0.15, -0.1) is 0 Å². The van der Waals surface area contributed by atoms with Gasteiger partial charge in [-0.3, -0.25) is 0 Å². The van der Waals surface area contributed by atoms with E-state index in [0.29, 0.717) is 11.8 Å². The number of hydrogen-bond donors (Lipinski definition) is 1. The van der Waals surface area contributed by atoms with Crippen molar-refractivity contribution in [2.75, 3.05) is 0 Å². The first-order chi connectivity index (χ1) is 7.09. The number of hydrogen-bond acceptors (Lipinski definition) is 2. The van der Waals surface area contributed by atoms with Crippen molar-refractivity contribution in [3.05, 3.63) is 0 Å². The number of carbonyl (C=O) groups excluding carboxylic acids is 1. The van der Waals surface area contributed by atoms with Gasteiger partial charge in [0.1, 0.15) is 6.29 Å². The Morgan fingerprint density at radius 3 is 2.80 bits per heavy atom. The predicted molar refractivity (Wildman–Crippen MR) is 59.4 cm³/mol. The molecule has 2 aliphatic carbocycles. The van der Waals surface area contributed by atoms with Gasteiger partial charge in [-0.1, -0.05) is 20.3 Å². The van der Waals surface area contributed by atoms with Crippen LogP contribution in [0.25, 0.3) is 0 Å². The minimum Gasteiger partial charge on any atom is -0.393 e. The van der Waals surface area contributed by atoms with Crippen LogP contribution in [0, 0.1) is 23.2 Å². The summed E-state index contributed by atoms with van der Waals surface area (Å²) >= 11 is 0. The Labute approximate surface area is 92.1 Å². The molecule has 0 radical (unpaired) electrons. The number of aldehydes is 1. The molecule has 2 unspecified atom stereocenters. The molecular weight excluding hydrogens is 188 g/mol. The third-order valence-electron chi connectivity index (χ3n) is 5.01. The van der Waals surface area contributed by atoms with E-state index < -0.39 is 0 Å². The highest BCUT2D eigenvalue weighted by Gasteiger charge is 2.52. The minimum absolute atomic E-state index is 0.118. The molecule has 0 heterocycles. The van der Waals surface area contributed by atoms with Crippen molar-refractivity contribution in [3.8, 4) is 0 Å². The van der Waals surface area contributed by atoms with Crippen molar-refractivity contribution in [1.29, 1.82) is 0 Å². The van der Waals surface area contributed by atoms with Crippen LogP contribution in [0.1, 0.15) is 46.0 Å². The Bertz CT molecular complexity index is 251. The van der Waals surface area contributed by atoms with E-state index in [1.807, 2.05) is 6.92 Å². The molecule has 2 nitrogen and oxygen atoms in total. The zero-order valence-corrected chi connectivity index (χ0v) is 9.78. The second-order valence-corrected chi connectivity index (χ2v) is 5.75. The van der Waals surface area contributed by atoms with E-state index in [0.717, 1.165) is 32.0 Å². The van der Waals surface area contributed by atoms with Crippen molar-refractivity contribution in [1.82, 2.24) is 0 Å². The average Bonchev–Trinajstić information content (AvgIpc) is 2.56. The van der Waals surface area contributed by atoms with E-state index >= 15 is 0 Å². The highest BCUT2D eigenvalue weighted by Crippen LogP contribution is 2.57. The topological polar surface area (TPSA) is 37.3 Å². The van der Waals surface area contributed by atoms with Gasteiger partial charge in [0.05, 0.1) is 6.10 Å². The maximum Gasteiger partial charge on any atom is 0.123 e. The number of aliphatic hydroxyl groups is 1. The smallest absolute Gasteiger partial charge is 0.123 e. The van der Waals surface area contributed by atoms with Gasteiger partial charge in [-0.25, -0.2) is 0 Å². The van der Waals surface area contributed by atoms with Crippen molar-refractivity contribution < 1.29 is 9.90 Å². The van der Waals surface area contributed by atoms with Crippen molar-refractivity contribution in [3.63, 3.8) is 0 Å². The standard InChI is InChI=1S/C13H22O2/c1-9(8-14)10-5-6-11-12(15)4-3-7-13(10,11)2/h8-12,15H,3-7H2,1-2H3/t9-,10-,11+,12?,13?/m1/s1. The van der Waals surface area contributed by atoms with Gasteiger partial charge in [0.25, 0.3) is 0 Å². The SMILES string of the molecule is C[C@H](C=O)[C@H]1CC[C@H]2C(O)CCCC12C. The first-order valence-corrected chi connectivity index (χ1v) is 6.23. The van der Waals surface area contributed by atoms with Crippen LogP contribution in [0.5, 0.6) is 0 Å². The third-order valence-corrected chi connectivity index (χ3v) is 5.01. The van der Waals surface area contributed by atoms with Gasteiger partial charge < -0.3 is 9.90 Å². The molecule has 2 rings (SSSR count). The first kappa shape index (κ1) is 11.1. The lowest BCUT2D eigenvalue weighted by Gasteiger charge is -2.44. The molecule has 0 amide bonds. The maximum atomic E-state index is 10.9. The van der Waals surface area contributed by atoms with Crippen LogP contribution in [0.2, 0.25) is 0 Å². The fourth-order valence-corrected chi connectivity index (χ4v) is 4.15. The minimum atomic E-state index is -0.118. The first-order valence-electron chi connectivity index (χ1n) is 6.23. The van der Waals surface area contributed by atoms with Crippen LogP contribution in [0.3, 0.4) is 0 Å². The fraction of sp³-hybridized carbons (Fsp3) is 0.923. The molecule has 0 aliphatic heterocycles. The molecule has 0 bridgehead atoms. The lowest BCUT2D eigenvalue weighted by molar-refractivity contribution is -0.114. The lowest BCUT2D eigenvalue weighted by Crippen LogP contribution is -2.41. The van der Waals surface area contributed by atoms with E-state index in [9.17, 15) is 9.90 Å². The summed E-state index contributed by atoms with van der Waals surface area (Å²) < 4.78 is 0. The van der Waals surface area contributed by atoms with Gasteiger partial charge in [0.2, 0.25) is 0 Å². The number of rotatable bonds is 2. The van der Waals surface area contributed by atoms with E-state index in [1.165, 1.54) is 6.42 Å². The molecule has 86 valence electrons. The molecule has 2 fully saturated rings. The van der Waals surface area contributed by atoms with E-state index in [1.54, 1.807) is 0 Å². The highest BCUT2D eigenvalue weighted by atomic mass is 16.3. The Morgan fingerprint density at radius 2 is 2.13 bits per heavy atom. The summed E-state index contributed by atoms with van der Waals surface area (Å²) in [6.07, 6.45) is 6.49. The molecule has 2 aliphatic rings. The van der Waals surface area contributed by atoms with Crippen LogP contribution in [-0.4, -0.2) is 17.5 Å². The van der Waals surface area contributed by atoms with Gasteiger partial charge in [-0.05, 0) is 42.9 Å². The highest BCUT2D eigenvalue weighted by molar-refractivity contribution is 5.53. The molecule has 0 aromatic carbocycles. The van der Waals surface area contributed by atoms with Gasteiger partial charge in [0, 0.05) is 5.92 Å². The van der Waals surface area contributed by atoms with E-state index in [-0.39, 0.29) is 17.4 Å². The molecule has 1 N–H and O–H groups in total. The predicted octanol–water partition coefficient (Wildman–Crippen LogP) is 2.40. The molecule has 5 atom stereocenters. The molecule has 2 saturated carbocycles. The second kappa shape index (κ2) is 3.89. The summed E-state index contributed by atoms with van der Waals surface area (Å²) in [4.78, 5) is 10.9. The van der Waals surface area contributed by atoms with E-state index in [2.05, 4.69) is 6.92 Å². The third kappa shape index (κ3) is 1.63. The van der Waals surface area contributed by atoms with Crippen molar-refractivity contribution in [2.45, 2.75) is 52.1 Å². The van der Waals surface area contributed by atoms with Crippen LogP contribution in [-0.2, 0) is 4.79 Å². The average molecular weight is 210 g/mol. The monoisotopic (exact) mass is 210 g/mol. The lowest BCUT2D eigenvalue weighted by atomic mass is 9.62. The van der Waals surface area contributed by atoms with Gasteiger partial charge in [-0.2, -0.15) is 0 Å². The molecule has 2 heteroatoms. The van der Waals surface area contributed by atoms with E-state index in [4.69, 9.17) is 0 Å². The Balaban J connectivity index is 2.20. The Kier molecular flexibility index (Phi) is 2.89. The summed E-state index contributed by atoms with van der Waals surface area (Å²) in [5, 5.41) is 10.0. The maximum absolute atomic E-state index is 10.9. The Hall–Kier alpha value is -0.370. The summed E-state index contributed by atoms with van der Waals surface area (Å²) in [6, 6.07) is 0. The van der Waals surface area contributed by atoms with Crippen LogP contribution >= 0.6 is 0 Å². The summed E-state index contributed by atoms with van der Waals surface area (Å²) in [5.74, 6) is 1.10. The molecule has 0 aromatic rings. The largest absolute Gasteiger partial charge is 0.393 e. The zero-order valence-electron chi connectivity index (χ0n) is 9.78. The molecule has 0 aromatic heterocycles. The number of fused-ring (bicyclic) bond motifs is 1. The van der Waals surface area contributed by atoms with Crippen LogP contribution in [0.15, 0.2) is 0 Å². The number of carbonyl (C=O) groups is 1. The van der Waals surface area contributed by atoms with Crippen molar-refractivity contribution >= 4 is 6.29 Å². The summed E-state index contributed by atoms with van der Waals surface area (Å²) in [5.41, 5.74) is 0.220.